The van der Waals surface area contributed by atoms with Crippen LogP contribution in [0.1, 0.15) is 51.4 Å². The summed E-state index contributed by atoms with van der Waals surface area (Å²) in [4.78, 5) is 2.88. The Morgan fingerprint density at radius 2 is 1.56 bits per heavy atom. The molecule has 0 amide bonds. The summed E-state index contributed by atoms with van der Waals surface area (Å²) in [6, 6.07) is 0. The average molecular weight is 284 g/mol. The van der Waals surface area contributed by atoms with E-state index in [9.17, 15) is 0 Å². The van der Waals surface area contributed by atoms with Crippen LogP contribution in [-0.2, 0) is 0 Å². The molecule has 1 heterocycles. The van der Waals surface area contributed by atoms with E-state index in [0.29, 0.717) is 9.86 Å². The molecule has 0 radical (unpaired) electrons. The highest BCUT2D eigenvalue weighted by Gasteiger charge is 2.58. The zero-order valence-corrected chi connectivity index (χ0v) is 11.6. The summed E-state index contributed by atoms with van der Waals surface area (Å²) >= 11 is 4.11. The number of alkyl halides is 1. The third-order valence-corrected chi connectivity index (χ3v) is 6.66. The summed E-state index contributed by atoms with van der Waals surface area (Å²) in [6.07, 6.45) is 11.9. The Morgan fingerprint density at radius 3 is 2.12 bits per heavy atom. The summed E-state index contributed by atoms with van der Waals surface area (Å²) < 4.78 is 0.541. The van der Waals surface area contributed by atoms with Gasteiger partial charge in [-0.15, -0.1) is 0 Å². The first kappa shape index (κ1) is 10.4. The number of halogens is 1. The van der Waals surface area contributed by atoms with Gasteiger partial charge in [0.25, 0.3) is 0 Å². The van der Waals surface area contributed by atoms with Crippen molar-refractivity contribution >= 4 is 15.9 Å². The number of nitrogens with zero attached hydrogens (tertiary/aromatic N) is 1. The summed E-state index contributed by atoms with van der Waals surface area (Å²) in [5, 5.41) is 0. The van der Waals surface area contributed by atoms with Crippen LogP contribution < -0.4 is 0 Å². The molecule has 0 aromatic heterocycles. The molecular weight excluding hydrogens is 262 g/mol. The van der Waals surface area contributed by atoms with Crippen LogP contribution in [0.15, 0.2) is 0 Å². The van der Waals surface area contributed by atoms with Gasteiger partial charge in [0.2, 0.25) is 0 Å². The monoisotopic (exact) mass is 283 g/mol. The van der Waals surface area contributed by atoms with E-state index in [2.05, 4.69) is 20.8 Å². The fourth-order valence-corrected chi connectivity index (χ4v) is 7.10. The van der Waals surface area contributed by atoms with Gasteiger partial charge in [-0.3, -0.25) is 4.90 Å². The van der Waals surface area contributed by atoms with Crippen molar-refractivity contribution in [2.75, 3.05) is 13.1 Å². The van der Waals surface area contributed by atoms with E-state index >= 15 is 0 Å². The van der Waals surface area contributed by atoms with Crippen LogP contribution in [0.2, 0.25) is 0 Å². The van der Waals surface area contributed by atoms with Crippen LogP contribution in [0.4, 0.5) is 0 Å². The lowest BCUT2D eigenvalue weighted by atomic mass is 9.52. The summed E-state index contributed by atoms with van der Waals surface area (Å²) in [5.41, 5.74) is 0.629. The van der Waals surface area contributed by atoms with Gasteiger partial charge in [-0.1, -0.05) is 15.9 Å². The van der Waals surface area contributed by atoms with E-state index in [0.717, 1.165) is 11.8 Å². The predicted molar refractivity (Wildman–Crippen MR) is 69.9 cm³/mol. The largest absolute Gasteiger partial charge is 0.298 e. The van der Waals surface area contributed by atoms with Crippen LogP contribution in [0.3, 0.4) is 0 Å². The van der Waals surface area contributed by atoms with Crippen LogP contribution in [0.25, 0.3) is 0 Å². The highest BCUT2D eigenvalue weighted by atomic mass is 79.9. The second kappa shape index (κ2) is 3.26. The smallest absolute Gasteiger partial charge is 0.0280 e. The molecule has 1 nitrogen and oxygen atoms in total. The minimum absolute atomic E-state index is 0.541. The maximum Gasteiger partial charge on any atom is 0.0280 e. The minimum Gasteiger partial charge on any atom is -0.298 e. The van der Waals surface area contributed by atoms with Gasteiger partial charge in [0.1, 0.15) is 0 Å². The second-order valence-corrected chi connectivity index (χ2v) is 8.71. The van der Waals surface area contributed by atoms with Crippen molar-refractivity contribution < 1.29 is 0 Å². The first-order valence-electron chi connectivity index (χ1n) is 7.12. The van der Waals surface area contributed by atoms with Gasteiger partial charge in [0.05, 0.1) is 0 Å². The molecule has 4 aliphatic carbocycles. The lowest BCUT2D eigenvalue weighted by Gasteiger charge is -2.63. The van der Waals surface area contributed by atoms with E-state index in [1.165, 1.54) is 58.0 Å². The molecule has 90 valence electrons. The van der Waals surface area contributed by atoms with Crippen molar-refractivity contribution in [1.82, 2.24) is 4.90 Å². The molecule has 16 heavy (non-hydrogen) atoms. The minimum atomic E-state index is 0.541. The van der Waals surface area contributed by atoms with Crippen LogP contribution in [0.5, 0.6) is 0 Å². The Labute approximate surface area is 107 Å². The Balaban J connectivity index is 1.68. The van der Waals surface area contributed by atoms with E-state index in [-0.39, 0.29) is 0 Å². The number of likely N-dealkylation sites (tertiary alicyclic amines) is 1. The van der Waals surface area contributed by atoms with E-state index in [4.69, 9.17) is 0 Å². The molecular formula is C14H22BrN. The molecule has 1 aliphatic heterocycles. The van der Waals surface area contributed by atoms with Crippen molar-refractivity contribution in [2.45, 2.75) is 61.2 Å². The topological polar surface area (TPSA) is 3.24 Å². The maximum absolute atomic E-state index is 4.11. The zero-order valence-electron chi connectivity index (χ0n) is 10.1. The summed E-state index contributed by atoms with van der Waals surface area (Å²) in [5.74, 6) is 2.09. The van der Waals surface area contributed by atoms with Gasteiger partial charge in [-0.25, -0.2) is 0 Å². The SMILES string of the molecule is BrC12C[C@H]3C[C@H](C1)CC(N1CCCC1)(C3)C2. The number of hydrogen-bond acceptors (Lipinski definition) is 1. The van der Waals surface area contributed by atoms with Gasteiger partial charge < -0.3 is 0 Å². The third-order valence-electron chi connectivity index (χ3n) is 5.74. The van der Waals surface area contributed by atoms with E-state index in [1.807, 2.05) is 0 Å². The highest BCUT2D eigenvalue weighted by Crippen LogP contribution is 2.62. The molecule has 4 saturated carbocycles. The molecule has 1 saturated heterocycles. The molecule has 0 unspecified atom stereocenters. The van der Waals surface area contributed by atoms with Crippen LogP contribution in [0, 0.1) is 11.8 Å². The van der Waals surface area contributed by atoms with Crippen molar-refractivity contribution in [3.63, 3.8) is 0 Å². The first-order chi connectivity index (χ1) is 7.68. The molecule has 5 aliphatic rings. The number of rotatable bonds is 1. The molecule has 2 atom stereocenters. The zero-order chi connectivity index (χ0) is 10.8. The lowest BCUT2D eigenvalue weighted by molar-refractivity contribution is -0.0662. The molecule has 0 N–H and O–H groups in total. The molecule has 5 fully saturated rings. The van der Waals surface area contributed by atoms with Gasteiger partial charge in [-0.05, 0) is 76.3 Å². The van der Waals surface area contributed by atoms with E-state index < -0.39 is 0 Å². The molecule has 0 aromatic rings. The van der Waals surface area contributed by atoms with Crippen molar-refractivity contribution in [3.05, 3.63) is 0 Å². The Kier molecular flexibility index (Phi) is 2.11. The molecule has 0 spiro atoms. The second-order valence-electron chi connectivity index (χ2n) is 7.03. The standard InChI is InChI=1S/C14H22BrN/c15-13-6-11-5-12(7-13)9-14(8-11,10-13)16-3-1-2-4-16/h11-12H,1-10H2/t11-,12-,13?,14?/m1/s1. The highest BCUT2D eigenvalue weighted by molar-refractivity contribution is 9.10. The summed E-state index contributed by atoms with van der Waals surface area (Å²) in [7, 11) is 0. The molecule has 0 aromatic carbocycles. The Hall–Kier alpha value is 0.440. The quantitative estimate of drug-likeness (QED) is 0.665. The van der Waals surface area contributed by atoms with Gasteiger partial charge in [0, 0.05) is 9.86 Å². The predicted octanol–water partition coefficient (Wildman–Crippen LogP) is 3.57. The Morgan fingerprint density at radius 1 is 0.938 bits per heavy atom. The molecule has 2 heteroatoms. The van der Waals surface area contributed by atoms with Crippen molar-refractivity contribution in [3.8, 4) is 0 Å². The Bertz CT molecular complexity index is 294. The fourth-order valence-electron chi connectivity index (χ4n) is 5.67. The first-order valence-corrected chi connectivity index (χ1v) is 7.91. The molecule has 5 rings (SSSR count). The van der Waals surface area contributed by atoms with Gasteiger partial charge >= 0.3 is 0 Å². The third kappa shape index (κ3) is 1.38. The van der Waals surface area contributed by atoms with E-state index in [1.54, 1.807) is 6.42 Å². The van der Waals surface area contributed by atoms with Crippen LogP contribution >= 0.6 is 15.9 Å². The number of hydrogen-bond donors (Lipinski definition) is 0. The van der Waals surface area contributed by atoms with Crippen molar-refractivity contribution in [2.24, 2.45) is 11.8 Å². The maximum atomic E-state index is 4.11. The van der Waals surface area contributed by atoms with Gasteiger partial charge in [-0.2, -0.15) is 0 Å². The summed E-state index contributed by atoms with van der Waals surface area (Å²) in [6.45, 7) is 2.78. The fraction of sp³-hybridized carbons (Fsp3) is 1.00. The normalized spacial score (nSPS) is 56.1. The molecule has 4 bridgehead atoms. The van der Waals surface area contributed by atoms with Gasteiger partial charge in [0.15, 0.2) is 0 Å². The van der Waals surface area contributed by atoms with Crippen molar-refractivity contribution in [1.29, 1.82) is 0 Å². The lowest BCUT2D eigenvalue weighted by Crippen LogP contribution is -2.63. The van der Waals surface area contributed by atoms with Crippen LogP contribution in [-0.4, -0.2) is 27.9 Å². The average Bonchev–Trinajstić information content (AvgIpc) is 2.65.